The summed E-state index contributed by atoms with van der Waals surface area (Å²) in [4.78, 5) is 0. The molecule has 0 aromatic heterocycles. The monoisotopic (exact) mass is 378 g/mol. The maximum Gasteiger partial charge on any atom is 0.0998 e. The highest BCUT2D eigenvalue weighted by Crippen LogP contribution is 2.41. The van der Waals surface area contributed by atoms with Crippen LogP contribution in [0.4, 0.5) is 0 Å². The van der Waals surface area contributed by atoms with Crippen LogP contribution >= 0.6 is 0 Å². The molecular weight excluding hydrogens is 364 g/mol. The molecule has 6 aromatic rings. The van der Waals surface area contributed by atoms with Crippen LogP contribution in [0.2, 0.25) is 0 Å². The van der Waals surface area contributed by atoms with Gasteiger partial charge in [-0.25, -0.2) is 0 Å². The molecule has 6 rings (SSSR count). The van der Waals surface area contributed by atoms with Crippen molar-refractivity contribution in [2.24, 2.45) is 0 Å². The fourth-order valence-electron chi connectivity index (χ4n) is 4.78. The highest BCUT2D eigenvalue weighted by Gasteiger charge is 2.16. The molecule has 0 N–H and O–H groups in total. The van der Waals surface area contributed by atoms with Crippen LogP contribution in [0.3, 0.4) is 0 Å². The first-order valence-corrected chi connectivity index (χ1v) is 9.83. The Morgan fingerprint density at radius 1 is 0.433 bits per heavy atom. The van der Waals surface area contributed by atoms with Gasteiger partial charge in [-0.2, -0.15) is 10.5 Å². The maximum absolute atomic E-state index is 9.86. The number of hydrogen-bond donors (Lipinski definition) is 0. The molecule has 2 nitrogen and oxygen atoms in total. The molecule has 0 amide bonds. The zero-order valence-corrected chi connectivity index (χ0v) is 16.0. The van der Waals surface area contributed by atoms with Gasteiger partial charge in [0.1, 0.15) is 0 Å². The van der Waals surface area contributed by atoms with Crippen molar-refractivity contribution in [3.63, 3.8) is 0 Å². The van der Waals surface area contributed by atoms with E-state index in [1.54, 1.807) is 0 Å². The summed E-state index contributed by atoms with van der Waals surface area (Å²) in [6.45, 7) is 0. The summed E-state index contributed by atoms with van der Waals surface area (Å²) in [5.41, 5.74) is 1.26. The van der Waals surface area contributed by atoms with Crippen LogP contribution in [-0.2, 0) is 0 Å². The quantitative estimate of drug-likeness (QED) is 0.262. The van der Waals surface area contributed by atoms with E-state index in [1.807, 2.05) is 48.5 Å². The molecule has 0 unspecified atom stereocenters. The molecule has 0 spiro atoms. The number of benzene rings is 6. The Kier molecular flexibility index (Phi) is 3.33. The van der Waals surface area contributed by atoms with Crippen molar-refractivity contribution in [1.29, 1.82) is 10.5 Å². The van der Waals surface area contributed by atoms with Gasteiger partial charge < -0.3 is 0 Å². The van der Waals surface area contributed by atoms with Crippen molar-refractivity contribution < 1.29 is 0 Å². The number of fused-ring (bicyclic) bond motifs is 9. The summed E-state index contributed by atoms with van der Waals surface area (Å²) in [7, 11) is 0. The van der Waals surface area contributed by atoms with Gasteiger partial charge in [0.15, 0.2) is 0 Å². The molecule has 0 fully saturated rings. The van der Waals surface area contributed by atoms with Crippen molar-refractivity contribution in [3.8, 4) is 12.1 Å². The second-order valence-electron chi connectivity index (χ2n) is 7.59. The number of rotatable bonds is 0. The summed E-state index contributed by atoms with van der Waals surface area (Å²) in [6.07, 6.45) is 0. The Hall–Kier alpha value is -4.40. The molecule has 0 atom stereocenters. The molecule has 30 heavy (non-hydrogen) atoms. The van der Waals surface area contributed by atoms with Crippen molar-refractivity contribution >= 4 is 53.9 Å². The summed E-state index contributed by atoms with van der Waals surface area (Å²) in [6, 6.07) is 33.4. The van der Waals surface area contributed by atoms with E-state index in [9.17, 15) is 10.5 Å². The highest BCUT2D eigenvalue weighted by molar-refractivity contribution is 6.33. The Labute approximate surface area is 172 Å². The van der Waals surface area contributed by atoms with Crippen molar-refractivity contribution in [3.05, 3.63) is 96.1 Å². The molecular formula is C28H14N2. The van der Waals surface area contributed by atoms with Crippen molar-refractivity contribution in [1.82, 2.24) is 0 Å². The number of nitriles is 2. The lowest BCUT2D eigenvalue weighted by molar-refractivity contribution is 1.50. The lowest BCUT2D eigenvalue weighted by atomic mass is 9.87. The minimum atomic E-state index is 0.631. The third kappa shape index (κ3) is 2.11. The molecule has 0 radical (unpaired) electrons. The topological polar surface area (TPSA) is 47.6 Å². The van der Waals surface area contributed by atoms with E-state index in [2.05, 4.69) is 48.5 Å². The van der Waals surface area contributed by atoms with Crippen LogP contribution in [0.15, 0.2) is 84.9 Å². The van der Waals surface area contributed by atoms with E-state index in [0.29, 0.717) is 11.1 Å². The van der Waals surface area contributed by atoms with Crippen molar-refractivity contribution in [2.75, 3.05) is 0 Å². The normalized spacial score (nSPS) is 11.3. The first-order valence-electron chi connectivity index (χ1n) is 9.83. The van der Waals surface area contributed by atoms with Crippen LogP contribution in [-0.4, -0.2) is 0 Å². The predicted molar refractivity (Wildman–Crippen MR) is 123 cm³/mol. The van der Waals surface area contributed by atoms with E-state index in [0.717, 1.165) is 53.9 Å². The molecule has 2 heteroatoms. The highest BCUT2D eigenvalue weighted by atomic mass is 14.3. The Balaban J connectivity index is 2.07. The van der Waals surface area contributed by atoms with Gasteiger partial charge in [-0.1, -0.05) is 72.8 Å². The average molecular weight is 378 g/mol. The van der Waals surface area contributed by atoms with Crippen LogP contribution in [0.5, 0.6) is 0 Å². The molecule has 136 valence electrons. The van der Waals surface area contributed by atoms with Crippen LogP contribution in [0.1, 0.15) is 11.1 Å². The minimum Gasteiger partial charge on any atom is -0.192 e. The Morgan fingerprint density at radius 3 is 1.37 bits per heavy atom. The van der Waals surface area contributed by atoms with E-state index in [4.69, 9.17) is 0 Å². The fraction of sp³-hybridized carbons (Fsp3) is 0. The Morgan fingerprint density at radius 2 is 0.900 bits per heavy atom. The average Bonchev–Trinajstić information content (AvgIpc) is 2.81. The standard InChI is InChI=1S/C28H14N2/c29-15-20-13-19-14-21(16-30)25-12-10-18-6-2-4-8-23(18)28(25)26(19)27-22-7-3-1-5-17(22)9-11-24(20)27/h1-14H. The molecule has 0 bridgehead atoms. The SMILES string of the molecule is N#Cc1cc2cc(C#N)c3ccc4ccccc4c3c2c2c1ccc1ccccc12. The van der Waals surface area contributed by atoms with E-state index >= 15 is 0 Å². The van der Waals surface area contributed by atoms with Gasteiger partial charge in [0.25, 0.3) is 0 Å². The molecule has 0 saturated carbocycles. The maximum atomic E-state index is 9.86. The van der Waals surface area contributed by atoms with Gasteiger partial charge in [-0.05, 0) is 55.2 Å². The smallest absolute Gasteiger partial charge is 0.0998 e. The number of hydrogen-bond acceptors (Lipinski definition) is 2. The third-order valence-electron chi connectivity index (χ3n) is 6.07. The lowest BCUT2D eigenvalue weighted by Crippen LogP contribution is -1.90. The van der Waals surface area contributed by atoms with Gasteiger partial charge >= 0.3 is 0 Å². The van der Waals surface area contributed by atoms with Crippen LogP contribution < -0.4 is 0 Å². The molecule has 6 aromatic carbocycles. The summed E-state index contributed by atoms with van der Waals surface area (Å²) >= 11 is 0. The Bertz CT molecular complexity index is 1630. The number of nitrogens with zero attached hydrogens (tertiary/aromatic N) is 2. The summed E-state index contributed by atoms with van der Waals surface area (Å²) < 4.78 is 0. The van der Waals surface area contributed by atoms with Crippen LogP contribution in [0, 0.1) is 22.7 Å². The molecule has 0 aliphatic rings. The van der Waals surface area contributed by atoms with Gasteiger partial charge in [0.05, 0.1) is 23.3 Å². The third-order valence-corrected chi connectivity index (χ3v) is 6.07. The fourth-order valence-corrected chi connectivity index (χ4v) is 4.78. The van der Waals surface area contributed by atoms with Crippen molar-refractivity contribution in [2.45, 2.75) is 0 Å². The lowest BCUT2D eigenvalue weighted by Gasteiger charge is -2.15. The van der Waals surface area contributed by atoms with Gasteiger partial charge in [0.2, 0.25) is 0 Å². The van der Waals surface area contributed by atoms with Gasteiger partial charge in [0, 0.05) is 10.8 Å². The first-order chi connectivity index (χ1) is 14.8. The minimum absolute atomic E-state index is 0.631. The predicted octanol–water partition coefficient (Wildman–Crippen LogP) is 7.20. The largest absolute Gasteiger partial charge is 0.192 e. The van der Waals surface area contributed by atoms with E-state index in [1.165, 1.54) is 0 Å². The van der Waals surface area contributed by atoms with Gasteiger partial charge in [-0.3, -0.25) is 0 Å². The zero-order valence-electron chi connectivity index (χ0n) is 16.0. The molecule has 0 heterocycles. The van der Waals surface area contributed by atoms with E-state index < -0.39 is 0 Å². The summed E-state index contributed by atoms with van der Waals surface area (Å²) in [5.74, 6) is 0. The van der Waals surface area contributed by atoms with Gasteiger partial charge in [-0.15, -0.1) is 0 Å². The summed E-state index contributed by atoms with van der Waals surface area (Å²) in [5, 5.41) is 30.3. The second kappa shape index (κ2) is 6.05. The second-order valence-corrected chi connectivity index (χ2v) is 7.59. The molecule has 0 saturated heterocycles. The van der Waals surface area contributed by atoms with E-state index in [-0.39, 0.29) is 0 Å². The molecule has 0 aliphatic heterocycles. The first kappa shape index (κ1) is 16.5. The van der Waals surface area contributed by atoms with Crippen LogP contribution in [0.25, 0.3) is 53.9 Å². The zero-order chi connectivity index (χ0) is 20.2. The molecule has 0 aliphatic carbocycles.